The molecule has 0 saturated carbocycles. The summed E-state index contributed by atoms with van der Waals surface area (Å²) < 4.78 is 0. The van der Waals surface area contributed by atoms with Crippen LogP contribution in [0.3, 0.4) is 0 Å². The highest BCUT2D eigenvalue weighted by Crippen LogP contribution is 2.16. The first kappa shape index (κ1) is 13.9. The molecule has 0 aromatic heterocycles. The van der Waals surface area contributed by atoms with Crippen molar-refractivity contribution < 1.29 is 15.0 Å². The Morgan fingerprint density at radius 2 is 1.55 bits per heavy atom. The molecule has 0 radical (unpaired) electrons. The van der Waals surface area contributed by atoms with E-state index in [4.69, 9.17) is 5.11 Å². The Kier molecular flexibility index (Phi) is 4.19. The number of aliphatic hydroxyl groups excluding tert-OH is 1. The second kappa shape index (κ2) is 6.05. The van der Waals surface area contributed by atoms with E-state index < -0.39 is 12.1 Å². The normalized spacial score (nSPS) is 11.3. The van der Waals surface area contributed by atoms with Gasteiger partial charge in [0, 0.05) is 11.1 Å². The molecule has 2 rings (SSSR count). The fraction of sp³-hybridized carbons (Fsp3) is 0.118. The Labute approximate surface area is 117 Å². The van der Waals surface area contributed by atoms with Crippen LogP contribution in [0.1, 0.15) is 40.1 Å². The summed E-state index contributed by atoms with van der Waals surface area (Å²) in [6.07, 6.45) is -0.616. The number of aromatic carboxylic acids is 1. The van der Waals surface area contributed by atoms with E-state index in [9.17, 15) is 9.90 Å². The zero-order valence-electron chi connectivity index (χ0n) is 11.0. The Morgan fingerprint density at radius 1 is 1.00 bits per heavy atom. The quantitative estimate of drug-likeness (QED) is 0.822. The van der Waals surface area contributed by atoms with Gasteiger partial charge in [-0.05, 0) is 30.7 Å². The highest BCUT2D eigenvalue weighted by Gasteiger charge is 2.07. The smallest absolute Gasteiger partial charge is 0.336 e. The van der Waals surface area contributed by atoms with E-state index in [1.807, 2.05) is 12.1 Å². The van der Waals surface area contributed by atoms with Crippen LogP contribution in [0.25, 0.3) is 0 Å². The fourth-order valence-electron chi connectivity index (χ4n) is 1.89. The summed E-state index contributed by atoms with van der Waals surface area (Å²) in [6.45, 7) is 1.67. The third kappa shape index (κ3) is 3.05. The van der Waals surface area contributed by atoms with Crippen molar-refractivity contribution in [1.29, 1.82) is 0 Å². The molecule has 0 fully saturated rings. The topological polar surface area (TPSA) is 57.5 Å². The largest absolute Gasteiger partial charge is 0.478 e. The van der Waals surface area contributed by atoms with E-state index >= 15 is 0 Å². The molecule has 2 aromatic carbocycles. The van der Waals surface area contributed by atoms with Gasteiger partial charge in [0.1, 0.15) is 0 Å². The summed E-state index contributed by atoms with van der Waals surface area (Å²) >= 11 is 0. The van der Waals surface area contributed by atoms with Crippen molar-refractivity contribution >= 4 is 5.97 Å². The van der Waals surface area contributed by atoms with Gasteiger partial charge in [-0.15, -0.1) is 0 Å². The molecule has 0 spiro atoms. The van der Waals surface area contributed by atoms with Gasteiger partial charge in [-0.3, -0.25) is 0 Å². The zero-order chi connectivity index (χ0) is 14.5. The van der Waals surface area contributed by atoms with Gasteiger partial charge in [0.2, 0.25) is 0 Å². The van der Waals surface area contributed by atoms with Gasteiger partial charge >= 0.3 is 5.97 Å². The average molecular weight is 266 g/mol. The van der Waals surface area contributed by atoms with Crippen LogP contribution in [-0.2, 0) is 0 Å². The van der Waals surface area contributed by atoms with Gasteiger partial charge in [-0.1, -0.05) is 42.2 Å². The van der Waals surface area contributed by atoms with Crippen LogP contribution >= 0.6 is 0 Å². The fourth-order valence-corrected chi connectivity index (χ4v) is 1.89. The van der Waals surface area contributed by atoms with Gasteiger partial charge in [0.15, 0.2) is 0 Å². The average Bonchev–Trinajstić information content (AvgIpc) is 2.45. The molecule has 0 aliphatic carbocycles. The van der Waals surface area contributed by atoms with E-state index in [0.29, 0.717) is 11.1 Å². The summed E-state index contributed by atoms with van der Waals surface area (Å²) in [7, 11) is 0. The Hall–Kier alpha value is -2.57. The molecule has 100 valence electrons. The van der Waals surface area contributed by atoms with Crippen molar-refractivity contribution in [2.24, 2.45) is 0 Å². The second-order valence-corrected chi connectivity index (χ2v) is 4.36. The molecule has 3 nitrogen and oxygen atoms in total. The Morgan fingerprint density at radius 3 is 2.20 bits per heavy atom. The molecule has 0 heterocycles. The molecule has 20 heavy (non-hydrogen) atoms. The number of carboxylic acids is 1. The summed E-state index contributed by atoms with van der Waals surface area (Å²) in [5, 5.41) is 18.8. The van der Waals surface area contributed by atoms with Gasteiger partial charge < -0.3 is 10.2 Å². The molecule has 1 atom stereocenters. The molecule has 0 amide bonds. The minimum absolute atomic E-state index is 0.175. The number of carbonyl (C=O) groups is 1. The van der Waals surface area contributed by atoms with Crippen LogP contribution in [0.2, 0.25) is 0 Å². The first-order valence-electron chi connectivity index (χ1n) is 6.21. The minimum Gasteiger partial charge on any atom is -0.478 e. The summed E-state index contributed by atoms with van der Waals surface area (Å²) in [6, 6.07) is 13.9. The lowest BCUT2D eigenvalue weighted by molar-refractivity contribution is 0.0696. The van der Waals surface area contributed by atoms with Crippen LogP contribution in [0, 0.1) is 11.8 Å². The van der Waals surface area contributed by atoms with Crippen LogP contribution < -0.4 is 0 Å². The van der Waals surface area contributed by atoms with Crippen molar-refractivity contribution in [2.45, 2.75) is 13.0 Å². The Bertz CT molecular complexity index is 691. The van der Waals surface area contributed by atoms with Gasteiger partial charge in [0.25, 0.3) is 0 Å². The number of rotatable bonds is 2. The molecule has 0 bridgehead atoms. The molecule has 3 heteroatoms. The first-order chi connectivity index (χ1) is 9.59. The van der Waals surface area contributed by atoms with Crippen molar-refractivity contribution in [1.82, 2.24) is 0 Å². The van der Waals surface area contributed by atoms with Crippen LogP contribution in [0.4, 0.5) is 0 Å². The standard InChI is InChI=1S/C17H14O3/c1-12(18)15-8-4-2-6-13(15)10-11-14-7-3-5-9-16(14)17(19)20/h2-9,12,18H,1H3,(H,19,20). The molecule has 1 unspecified atom stereocenters. The van der Waals surface area contributed by atoms with Crippen molar-refractivity contribution in [3.8, 4) is 11.8 Å². The van der Waals surface area contributed by atoms with E-state index in [1.54, 1.807) is 37.3 Å². The van der Waals surface area contributed by atoms with Gasteiger partial charge in [-0.25, -0.2) is 4.79 Å². The van der Waals surface area contributed by atoms with Crippen LogP contribution in [0.5, 0.6) is 0 Å². The summed E-state index contributed by atoms with van der Waals surface area (Å²) in [5.41, 5.74) is 2.06. The van der Waals surface area contributed by atoms with E-state index in [-0.39, 0.29) is 5.56 Å². The third-order valence-corrected chi connectivity index (χ3v) is 2.90. The molecule has 0 aliphatic heterocycles. The van der Waals surface area contributed by atoms with Gasteiger partial charge in [0.05, 0.1) is 11.7 Å². The van der Waals surface area contributed by atoms with E-state index in [2.05, 4.69) is 11.8 Å². The first-order valence-corrected chi connectivity index (χ1v) is 6.21. The lowest BCUT2D eigenvalue weighted by atomic mass is 10.0. The maximum Gasteiger partial charge on any atom is 0.336 e. The van der Waals surface area contributed by atoms with Crippen molar-refractivity contribution in [3.05, 3.63) is 70.8 Å². The van der Waals surface area contributed by atoms with Crippen LogP contribution in [-0.4, -0.2) is 16.2 Å². The van der Waals surface area contributed by atoms with E-state index in [0.717, 1.165) is 5.56 Å². The lowest BCUT2D eigenvalue weighted by Crippen LogP contribution is -1.99. The predicted octanol–water partition coefficient (Wildman–Crippen LogP) is 2.84. The predicted molar refractivity (Wildman–Crippen MR) is 76.5 cm³/mol. The maximum atomic E-state index is 11.1. The number of benzene rings is 2. The second-order valence-electron chi connectivity index (χ2n) is 4.36. The molecule has 2 N–H and O–H groups in total. The minimum atomic E-state index is -1.00. The highest BCUT2D eigenvalue weighted by atomic mass is 16.4. The monoisotopic (exact) mass is 266 g/mol. The molecule has 2 aromatic rings. The van der Waals surface area contributed by atoms with Crippen molar-refractivity contribution in [3.63, 3.8) is 0 Å². The van der Waals surface area contributed by atoms with E-state index in [1.165, 1.54) is 6.07 Å². The third-order valence-electron chi connectivity index (χ3n) is 2.90. The number of hydrogen-bond acceptors (Lipinski definition) is 2. The lowest BCUT2D eigenvalue weighted by Gasteiger charge is -2.06. The zero-order valence-corrected chi connectivity index (χ0v) is 11.0. The highest BCUT2D eigenvalue weighted by molar-refractivity contribution is 5.90. The summed E-state index contributed by atoms with van der Waals surface area (Å²) in [4.78, 5) is 11.1. The molecular weight excluding hydrogens is 252 g/mol. The van der Waals surface area contributed by atoms with Crippen LogP contribution in [0.15, 0.2) is 48.5 Å². The number of aliphatic hydroxyl groups is 1. The number of carboxylic acid groups (broad SMARTS) is 1. The van der Waals surface area contributed by atoms with Gasteiger partial charge in [-0.2, -0.15) is 0 Å². The number of hydrogen-bond donors (Lipinski definition) is 2. The summed E-state index contributed by atoms with van der Waals surface area (Å²) in [5.74, 6) is 4.80. The maximum absolute atomic E-state index is 11.1. The molecule has 0 aliphatic rings. The molecular formula is C17H14O3. The Balaban J connectivity index is 2.45. The molecule has 0 saturated heterocycles. The van der Waals surface area contributed by atoms with Crippen molar-refractivity contribution in [2.75, 3.05) is 0 Å². The SMILES string of the molecule is CC(O)c1ccccc1C#Cc1ccccc1C(=O)O.